The molecular formula is C23H19N5O3S. The van der Waals surface area contributed by atoms with E-state index < -0.39 is 11.8 Å². The lowest BCUT2D eigenvalue weighted by Gasteiger charge is -2.12. The van der Waals surface area contributed by atoms with Crippen LogP contribution in [0.4, 0.5) is 0 Å². The van der Waals surface area contributed by atoms with Gasteiger partial charge in [0.1, 0.15) is 5.03 Å². The SMILES string of the molecule is CCn1nc(C(=O)NNC(=O)c2cccnc2Sc2ccccc2)c2ccccc2c1=O. The molecule has 0 aliphatic heterocycles. The van der Waals surface area contributed by atoms with Crippen molar-refractivity contribution >= 4 is 34.3 Å². The van der Waals surface area contributed by atoms with Crippen LogP contribution in [0.1, 0.15) is 27.8 Å². The highest BCUT2D eigenvalue weighted by Gasteiger charge is 2.18. The Labute approximate surface area is 187 Å². The number of pyridine rings is 1. The standard InChI is InChI=1S/C23H19N5O3S/c1-2-28-23(31)17-12-7-6-11-16(17)19(27-28)21(30)26-25-20(29)18-13-8-14-24-22(18)32-15-9-4-3-5-10-15/h3-14H,2H2,1H3,(H,25,29)(H,26,30). The number of hydrogen-bond donors (Lipinski definition) is 2. The number of aryl methyl sites for hydroxylation is 1. The van der Waals surface area contributed by atoms with Gasteiger partial charge in [0, 0.05) is 23.0 Å². The van der Waals surface area contributed by atoms with Crippen molar-refractivity contribution in [2.75, 3.05) is 0 Å². The highest BCUT2D eigenvalue weighted by atomic mass is 32.2. The first-order valence-corrected chi connectivity index (χ1v) is 10.7. The summed E-state index contributed by atoms with van der Waals surface area (Å²) in [6.07, 6.45) is 1.60. The molecule has 0 spiro atoms. The Morgan fingerprint density at radius 3 is 2.34 bits per heavy atom. The van der Waals surface area contributed by atoms with E-state index in [1.807, 2.05) is 30.3 Å². The molecule has 2 amide bonds. The Morgan fingerprint density at radius 2 is 1.59 bits per heavy atom. The molecule has 0 saturated carbocycles. The maximum absolute atomic E-state index is 12.8. The van der Waals surface area contributed by atoms with Gasteiger partial charge in [-0.15, -0.1) is 0 Å². The van der Waals surface area contributed by atoms with Crippen LogP contribution < -0.4 is 16.4 Å². The minimum Gasteiger partial charge on any atom is -0.267 e. The number of aromatic nitrogens is 3. The Bertz CT molecular complexity index is 1350. The lowest BCUT2D eigenvalue weighted by Crippen LogP contribution is -2.43. The lowest BCUT2D eigenvalue weighted by molar-refractivity contribution is 0.0841. The molecule has 0 saturated heterocycles. The first-order valence-electron chi connectivity index (χ1n) is 9.87. The average molecular weight is 446 g/mol. The number of hydrogen-bond acceptors (Lipinski definition) is 6. The third kappa shape index (κ3) is 4.37. The van der Waals surface area contributed by atoms with E-state index in [4.69, 9.17) is 0 Å². The third-order valence-electron chi connectivity index (χ3n) is 4.65. The Kier molecular flexibility index (Phi) is 6.27. The fraction of sp³-hybridized carbons (Fsp3) is 0.0870. The van der Waals surface area contributed by atoms with E-state index >= 15 is 0 Å². The normalized spacial score (nSPS) is 10.7. The molecule has 9 heteroatoms. The molecule has 0 radical (unpaired) electrons. The molecule has 0 atom stereocenters. The van der Waals surface area contributed by atoms with Gasteiger partial charge >= 0.3 is 0 Å². The van der Waals surface area contributed by atoms with E-state index in [-0.39, 0.29) is 11.3 Å². The molecule has 0 fully saturated rings. The van der Waals surface area contributed by atoms with Gasteiger partial charge in [-0.2, -0.15) is 5.10 Å². The van der Waals surface area contributed by atoms with Gasteiger partial charge in [0.25, 0.3) is 17.4 Å². The Balaban J connectivity index is 1.55. The fourth-order valence-corrected chi connectivity index (χ4v) is 4.00. The maximum atomic E-state index is 12.8. The van der Waals surface area contributed by atoms with E-state index in [2.05, 4.69) is 20.9 Å². The van der Waals surface area contributed by atoms with Gasteiger partial charge in [0.2, 0.25) is 0 Å². The number of nitrogens with zero attached hydrogens (tertiary/aromatic N) is 3. The highest BCUT2D eigenvalue weighted by Crippen LogP contribution is 2.28. The molecular weight excluding hydrogens is 426 g/mol. The molecule has 4 rings (SSSR count). The van der Waals surface area contributed by atoms with Crippen molar-refractivity contribution < 1.29 is 9.59 Å². The number of hydrazine groups is 1. The second kappa shape index (κ2) is 9.44. The number of amides is 2. The summed E-state index contributed by atoms with van der Waals surface area (Å²) in [6.45, 7) is 2.08. The van der Waals surface area contributed by atoms with Gasteiger partial charge in [0.15, 0.2) is 5.69 Å². The van der Waals surface area contributed by atoms with E-state index in [0.29, 0.717) is 27.9 Å². The van der Waals surface area contributed by atoms with Crippen LogP contribution in [0.3, 0.4) is 0 Å². The van der Waals surface area contributed by atoms with Gasteiger partial charge in [-0.25, -0.2) is 9.67 Å². The molecule has 0 aliphatic rings. The Hall–Kier alpha value is -3.98. The summed E-state index contributed by atoms with van der Waals surface area (Å²) in [6, 6.07) is 19.6. The maximum Gasteiger partial charge on any atom is 0.290 e. The van der Waals surface area contributed by atoms with Crippen molar-refractivity contribution in [1.82, 2.24) is 25.6 Å². The molecule has 8 nitrogen and oxygen atoms in total. The van der Waals surface area contributed by atoms with Gasteiger partial charge < -0.3 is 0 Å². The largest absolute Gasteiger partial charge is 0.290 e. The molecule has 32 heavy (non-hydrogen) atoms. The van der Waals surface area contributed by atoms with Crippen molar-refractivity contribution in [3.63, 3.8) is 0 Å². The summed E-state index contributed by atoms with van der Waals surface area (Å²) in [5.74, 6) is -1.14. The number of nitrogens with one attached hydrogen (secondary N) is 2. The summed E-state index contributed by atoms with van der Waals surface area (Å²) in [5.41, 5.74) is 4.91. The number of fused-ring (bicyclic) bond motifs is 1. The summed E-state index contributed by atoms with van der Waals surface area (Å²) < 4.78 is 1.22. The second-order valence-corrected chi connectivity index (χ2v) is 7.76. The predicted octanol–water partition coefficient (Wildman–Crippen LogP) is 3.04. The molecule has 4 aromatic rings. The lowest BCUT2D eigenvalue weighted by atomic mass is 10.1. The summed E-state index contributed by atoms with van der Waals surface area (Å²) >= 11 is 1.35. The highest BCUT2D eigenvalue weighted by molar-refractivity contribution is 7.99. The number of carbonyl (C=O) groups is 2. The summed E-state index contributed by atoms with van der Waals surface area (Å²) in [5, 5.41) is 5.47. The average Bonchev–Trinajstić information content (AvgIpc) is 2.84. The minimum atomic E-state index is -0.627. The molecule has 0 aliphatic carbocycles. The van der Waals surface area contributed by atoms with Crippen molar-refractivity contribution in [1.29, 1.82) is 0 Å². The van der Waals surface area contributed by atoms with E-state index in [9.17, 15) is 14.4 Å². The zero-order chi connectivity index (χ0) is 22.5. The second-order valence-electron chi connectivity index (χ2n) is 6.69. The van der Waals surface area contributed by atoms with E-state index in [1.54, 1.807) is 49.5 Å². The van der Waals surface area contributed by atoms with Crippen molar-refractivity contribution in [2.24, 2.45) is 0 Å². The van der Waals surface area contributed by atoms with Crippen LogP contribution in [0.15, 0.2) is 87.6 Å². The van der Waals surface area contributed by atoms with Gasteiger partial charge in [-0.05, 0) is 37.3 Å². The molecule has 2 N–H and O–H groups in total. The van der Waals surface area contributed by atoms with Gasteiger partial charge in [0.05, 0.1) is 10.9 Å². The van der Waals surface area contributed by atoms with Crippen molar-refractivity contribution in [3.05, 3.63) is 94.5 Å². The number of rotatable bonds is 5. The van der Waals surface area contributed by atoms with Crippen LogP contribution in [0.25, 0.3) is 10.8 Å². The van der Waals surface area contributed by atoms with Crippen LogP contribution in [-0.4, -0.2) is 26.6 Å². The summed E-state index contributed by atoms with van der Waals surface area (Å²) in [4.78, 5) is 43.3. The van der Waals surface area contributed by atoms with Gasteiger partial charge in [-0.3, -0.25) is 25.2 Å². The van der Waals surface area contributed by atoms with Crippen LogP contribution in [0, 0.1) is 0 Å². The predicted molar refractivity (Wildman–Crippen MR) is 121 cm³/mol. The first-order chi connectivity index (χ1) is 15.6. The molecule has 2 heterocycles. The first kappa shape index (κ1) is 21.3. The Morgan fingerprint density at radius 1 is 0.906 bits per heavy atom. The van der Waals surface area contributed by atoms with Crippen LogP contribution >= 0.6 is 11.8 Å². The number of benzene rings is 2. The number of carbonyl (C=O) groups excluding carboxylic acids is 2. The molecule has 0 unspecified atom stereocenters. The fourth-order valence-electron chi connectivity index (χ4n) is 3.10. The van der Waals surface area contributed by atoms with Crippen LogP contribution in [0.5, 0.6) is 0 Å². The molecule has 2 aromatic heterocycles. The molecule has 2 aromatic carbocycles. The zero-order valence-electron chi connectivity index (χ0n) is 17.1. The van der Waals surface area contributed by atoms with Crippen molar-refractivity contribution in [3.8, 4) is 0 Å². The minimum absolute atomic E-state index is 0.0485. The zero-order valence-corrected chi connectivity index (χ0v) is 17.9. The topological polar surface area (TPSA) is 106 Å². The van der Waals surface area contributed by atoms with Crippen LogP contribution in [0.2, 0.25) is 0 Å². The van der Waals surface area contributed by atoms with E-state index in [0.717, 1.165) is 4.90 Å². The van der Waals surface area contributed by atoms with Crippen molar-refractivity contribution in [2.45, 2.75) is 23.4 Å². The molecule has 0 bridgehead atoms. The van der Waals surface area contributed by atoms with E-state index in [1.165, 1.54) is 16.4 Å². The van der Waals surface area contributed by atoms with Crippen LogP contribution in [-0.2, 0) is 6.54 Å². The monoisotopic (exact) mass is 445 g/mol. The smallest absolute Gasteiger partial charge is 0.267 e. The quantitative estimate of drug-likeness (QED) is 0.458. The summed E-state index contributed by atoms with van der Waals surface area (Å²) in [7, 11) is 0. The third-order valence-corrected chi connectivity index (χ3v) is 5.67. The molecule has 160 valence electrons. The van der Waals surface area contributed by atoms with Gasteiger partial charge in [-0.1, -0.05) is 48.2 Å².